The Bertz CT molecular complexity index is 1020. The summed E-state index contributed by atoms with van der Waals surface area (Å²) in [6.07, 6.45) is 0.947. The van der Waals surface area contributed by atoms with Gasteiger partial charge in [0.15, 0.2) is 0 Å². The van der Waals surface area contributed by atoms with Crippen LogP contribution < -0.4 is 14.4 Å². The molecule has 10 heteroatoms. The largest absolute Gasteiger partial charge is 0.491 e. The number of hydrogen-bond donors (Lipinski definition) is 1. The number of nitro benzene ring substituents is 1. The SMILES string of the molecule is Cc1ccc(OCC(C)NC(=O)CN(c2cccc([N+](=O)[O-])c2C)S(C)(=O)=O)cc1. The highest BCUT2D eigenvalue weighted by atomic mass is 32.2. The lowest BCUT2D eigenvalue weighted by atomic mass is 10.1. The van der Waals surface area contributed by atoms with E-state index >= 15 is 0 Å². The van der Waals surface area contributed by atoms with Crippen LogP contribution in [0.15, 0.2) is 42.5 Å². The first-order valence-electron chi connectivity index (χ1n) is 9.19. The predicted molar refractivity (Wildman–Crippen MR) is 114 cm³/mol. The summed E-state index contributed by atoms with van der Waals surface area (Å²) < 4.78 is 31.0. The average molecular weight is 436 g/mol. The van der Waals surface area contributed by atoms with Crippen molar-refractivity contribution in [3.63, 3.8) is 0 Å². The quantitative estimate of drug-likeness (QED) is 0.478. The van der Waals surface area contributed by atoms with Crippen LogP contribution in [0.1, 0.15) is 18.1 Å². The Morgan fingerprint density at radius 2 is 1.83 bits per heavy atom. The van der Waals surface area contributed by atoms with Crippen LogP contribution in [0.2, 0.25) is 0 Å². The lowest BCUT2D eigenvalue weighted by Gasteiger charge is -2.24. The van der Waals surface area contributed by atoms with Gasteiger partial charge in [-0.2, -0.15) is 0 Å². The summed E-state index contributed by atoms with van der Waals surface area (Å²) in [4.78, 5) is 23.0. The number of hydrogen-bond acceptors (Lipinski definition) is 6. The molecule has 2 aromatic carbocycles. The monoisotopic (exact) mass is 435 g/mol. The van der Waals surface area contributed by atoms with Crippen LogP contribution in [0.5, 0.6) is 5.75 Å². The molecule has 30 heavy (non-hydrogen) atoms. The molecule has 0 bridgehead atoms. The fourth-order valence-electron chi connectivity index (χ4n) is 2.81. The first-order chi connectivity index (χ1) is 14.0. The maximum Gasteiger partial charge on any atom is 0.274 e. The van der Waals surface area contributed by atoms with Crippen LogP contribution in [-0.2, 0) is 14.8 Å². The zero-order valence-electron chi connectivity index (χ0n) is 17.3. The number of nitrogens with zero attached hydrogens (tertiary/aromatic N) is 2. The van der Waals surface area contributed by atoms with Gasteiger partial charge in [0.2, 0.25) is 15.9 Å². The number of carbonyl (C=O) groups excluding carboxylic acids is 1. The van der Waals surface area contributed by atoms with Gasteiger partial charge in [0.25, 0.3) is 5.69 Å². The van der Waals surface area contributed by atoms with E-state index in [1.807, 2.05) is 31.2 Å². The highest BCUT2D eigenvalue weighted by Crippen LogP contribution is 2.29. The molecule has 1 N–H and O–H groups in total. The van der Waals surface area contributed by atoms with E-state index < -0.39 is 27.4 Å². The Balaban J connectivity index is 2.08. The minimum Gasteiger partial charge on any atom is -0.491 e. The van der Waals surface area contributed by atoms with Crippen molar-refractivity contribution in [2.75, 3.05) is 23.7 Å². The van der Waals surface area contributed by atoms with Gasteiger partial charge in [-0.1, -0.05) is 23.8 Å². The van der Waals surface area contributed by atoms with E-state index in [0.717, 1.165) is 16.1 Å². The van der Waals surface area contributed by atoms with Gasteiger partial charge in [-0.3, -0.25) is 19.2 Å². The van der Waals surface area contributed by atoms with Crippen LogP contribution in [0.3, 0.4) is 0 Å². The number of aryl methyl sites for hydroxylation is 1. The van der Waals surface area contributed by atoms with Crippen molar-refractivity contribution in [2.24, 2.45) is 0 Å². The zero-order valence-corrected chi connectivity index (χ0v) is 18.1. The number of amides is 1. The van der Waals surface area contributed by atoms with Gasteiger partial charge in [-0.15, -0.1) is 0 Å². The molecule has 9 nitrogen and oxygen atoms in total. The van der Waals surface area contributed by atoms with Gasteiger partial charge in [0.05, 0.1) is 28.5 Å². The van der Waals surface area contributed by atoms with Crippen LogP contribution in [-0.4, -0.2) is 44.7 Å². The predicted octanol–water partition coefficient (Wildman–Crippen LogP) is 2.56. The maximum absolute atomic E-state index is 12.5. The highest BCUT2D eigenvalue weighted by molar-refractivity contribution is 7.92. The van der Waals surface area contributed by atoms with Gasteiger partial charge in [0, 0.05) is 6.07 Å². The minimum atomic E-state index is -3.85. The van der Waals surface area contributed by atoms with Crippen LogP contribution in [0.4, 0.5) is 11.4 Å². The third-order valence-corrected chi connectivity index (χ3v) is 5.48. The second kappa shape index (κ2) is 9.57. The molecule has 0 aliphatic carbocycles. The number of ether oxygens (including phenoxy) is 1. The van der Waals surface area contributed by atoms with Crippen molar-refractivity contribution in [1.29, 1.82) is 0 Å². The molecular formula is C20H25N3O6S. The van der Waals surface area contributed by atoms with Crippen molar-refractivity contribution in [3.8, 4) is 5.75 Å². The first kappa shape index (κ1) is 23.1. The number of nitrogens with one attached hydrogen (secondary N) is 1. The van der Waals surface area contributed by atoms with Gasteiger partial charge in [-0.05, 0) is 39.0 Å². The molecule has 2 rings (SSSR count). The lowest BCUT2D eigenvalue weighted by Crippen LogP contribution is -2.45. The van der Waals surface area contributed by atoms with E-state index in [0.29, 0.717) is 5.75 Å². The Labute approximate surface area is 175 Å². The smallest absolute Gasteiger partial charge is 0.274 e. The molecule has 0 aliphatic heterocycles. The molecule has 0 heterocycles. The second-order valence-electron chi connectivity index (χ2n) is 7.04. The molecule has 0 saturated carbocycles. The van der Waals surface area contributed by atoms with Crippen molar-refractivity contribution in [3.05, 3.63) is 63.7 Å². The fourth-order valence-corrected chi connectivity index (χ4v) is 3.72. The molecule has 0 aliphatic rings. The van der Waals surface area contributed by atoms with Gasteiger partial charge in [0.1, 0.15) is 18.9 Å². The maximum atomic E-state index is 12.5. The van der Waals surface area contributed by atoms with Crippen molar-refractivity contribution in [2.45, 2.75) is 26.8 Å². The molecule has 0 fully saturated rings. The molecule has 0 saturated heterocycles. The lowest BCUT2D eigenvalue weighted by molar-refractivity contribution is -0.385. The first-order valence-corrected chi connectivity index (χ1v) is 11.0. The number of rotatable bonds is 9. The van der Waals surface area contributed by atoms with E-state index in [9.17, 15) is 23.3 Å². The second-order valence-corrected chi connectivity index (χ2v) is 8.95. The Kier molecular flexibility index (Phi) is 7.38. The van der Waals surface area contributed by atoms with Gasteiger partial charge in [-0.25, -0.2) is 8.42 Å². The standard InChI is InChI=1S/C20H25N3O6S/c1-14-8-10-17(11-9-14)29-13-15(2)21-20(24)12-22(30(4,27)28)18-6-5-7-19(16(18)3)23(25)26/h5-11,15H,12-13H2,1-4H3,(H,21,24). The van der Waals surface area contributed by atoms with Crippen LogP contribution in [0.25, 0.3) is 0 Å². The molecule has 0 aromatic heterocycles. The fraction of sp³-hybridized carbons (Fsp3) is 0.350. The van der Waals surface area contributed by atoms with Gasteiger partial charge >= 0.3 is 0 Å². The number of sulfonamides is 1. The zero-order chi connectivity index (χ0) is 22.5. The summed E-state index contributed by atoms with van der Waals surface area (Å²) in [5.74, 6) is 0.109. The third-order valence-electron chi connectivity index (χ3n) is 4.36. The Hall–Kier alpha value is -3.14. The summed E-state index contributed by atoms with van der Waals surface area (Å²) in [5.41, 5.74) is 1.13. The molecule has 2 aromatic rings. The van der Waals surface area contributed by atoms with Crippen LogP contribution in [0, 0.1) is 24.0 Å². The number of benzene rings is 2. The molecule has 1 unspecified atom stereocenters. The molecular weight excluding hydrogens is 410 g/mol. The van der Waals surface area contributed by atoms with Crippen LogP contribution >= 0.6 is 0 Å². The number of anilines is 1. The third kappa shape index (κ3) is 6.18. The molecule has 0 spiro atoms. The van der Waals surface area contributed by atoms with E-state index in [1.165, 1.54) is 25.1 Å². The highest BCUT2D eigenvalue weighted by Gasteiger charge is 2.26. The summed E-state index contributed by atoms with van der Waals surface area (Å²) in [6, 6.07) is 11.2. The topological polar surface area (TPSA) is 119 Å². The Morgan fingerprint density at radius 1 is 1.20 bits per heavy atom. The normalized spacial score (nSPS) is 12.1. The number of carbonyl (C=O) groups is 1. The van der Waals surface area contributed by atoms with E-state index in [1.54, 1.807) is 6.92 Å². The molecule has 162 valence electrons. The summed E-state index contributed by atoms with van der Waals surface area (Å²) in [7, 11) is -3.85. The average Bonchev–Trinajstić information content (AvgIpc) is 2.65. The summed E-state index contributed by atoms with van der Waals surface area (Å²) >= 11 is 0. The number of nitro groups is 1. The summed E-state index contributed by atoms with van der Waals surface area (Å²) in [5, 5.41) is 13.9. The molecule has 0 radical (unpaired) electrons. The molecule has 1 atom stereocenters. The van der Waals surface area contributed by atoms with Crippen molar-refractivity contribution >= 4 is 27.3 Å². The minimum absolute atomic E-state index is 0.0883. The van der Waals surface area contributed by atoms with E-state index in [-0.39, 0.29) is 29.6 Å². The van der Waals surface area contributed by atoms with Crippen molar-refractivity contribution < 1.29 is 22.9 Å². The van der Waals surface area contributed by atoms with Crippen molar-refractivity contribution in [1.82, 2.24) is 5.32 Å². The van der Waals surface area contributed by atoms with E-state index in [4.69, 9.17) is 4.74 Å². The Morgan fingerprint density at radius 3 is 2.40 bits per heavy atom. The van der Waals surface area contributed by atoms with E-state index in [2.05, 4.69) is 5.32 Å². The van der Waals surface area contributed by atoms with Gasteiger partial charge < -0.3 is 10.1 Å². The molecule has 1 amide bonds. The summed E-state index contributed by atoms with van der Waals surface area (Å²) in [6.45, 7) is 4.83.